The van der Waals surface area contributed by atoms with E-state index in [1.165, 1.54) is 0 Å². The molecule has 1 aliphatic heterocycles. The molecule has 1 aliphatic rings. The predicted octanol–water partition coefficient (Wildman–Crippen LogP) is 0.883. The summed E-state index contributed by atoms with van der Waals surface area (Å²) in [5.74, 6) is -0.212. The number of primary amides is 1. The number of hydrogen-bond donors (Lipinski definition) is 1. The molecule has 68 valence electrons. The van der Waals surface area contributed by atoms with E-state index in [-0.39, 0.29) is 16.0 Å². The van der Waals surface area contributed by atoms with Crippen LogP contribution in [0.1, 0.15) is 12.8 Å². The van der Waals surface area contributed by atoms with Gasteiger partial charge < -0.3 is 5.73 Å². The molecule has 1 rings (SSSR count). The first-order valence-electron chi connectivity index (χ1n) is 3.98. The van der Waals surface area contributed by atoms with Crippen molar-refractivity contribution in [3.63, 3.8) is 0 Å². The SMILES string of the molecule is C=CC(I)N1CCCC1C(N)=O. The van der Waals surface area contributed by atoms with Gasteiger partial charge in [-0.2, -0.15) is 0 Å². The number of rotatable bonds is 3. The molecule has 1 saturated heterocycles. The van der Waals surface area contributed by atoms with Gasteiger partial charge in [-0.15, -0.1) is 6.58 Å². The number of hydrogen-bond acceptors (Lipinski definition) is 2. The quantitative estimate of drug-likeness (QED) is 0.361. The van der Waals surface area contributed by atoms with Crippen LogP contribution in [0.5, 0.6) is 0 Å². The van der Waals surface area contributed by atoms with Gasteiger partial charge in [-0.1, -0.05) is 28.7 Å². The summed E-state index contributed by atoms with van der Waals surface area (Å²) in [6.45, 7) is 4.65. The van der Waals surface area contributed by atoms with E-state index in [1.54, 1.807) is 0 Å². The van der Waals surface area contributed by atoms with Gasteiger partial charge in [0.2, 0.25) is 5.91 Å². The molecule has 2 atom stereocenters. The van der Waals surface area contributed by atoms with E-state index < -0.39 is 0 Å². The Morgan fingerprint density at radius 3 is 3.00 bits per heavy atom. The van der Waals surface area contributed by atoms with Crippen molar-refractivity contribution in [2.75, 3.05) is 6.54 Å². The van der Waals surface area contributed by atoms with Crippen LogP contribution in [-0.2, 0) is 4.79 Å². The molecule has 1 amide bonds. The van der Waals surface area contributed by atoms with Gasteiger partial charge in [0.05, 0.1) is 10.1 Å². The number of likely N-dealkylation sites (tertiary alicyclic amines) is 1. The highest BCUT2D eigenvalue weighted by Gasteiger charge is 2.31. The van der Waals surface area contributed by atoms with Crippen LogP contribution in [0.25, 0.3) is 0 Å². The molecule has 12 heavy (non-hydrogen) atoms. The lowest BCUT2D eigenvalue weighted by molar-refractivity contribution is -0.122. The lowest BCUT2D eigenvalue weighted by Gasteiger charge is -2.24. The molecule has 0 aliphatic carbocycles. The number of nitrogens with zero attached hydrogens (tertiary/aromatic N) is 1. The fourth-order valence-electron chi connectivity index (χ4n) is 1.53. The van der Waals surface area contributed by atoms with Crippen molar-refractivity contribution in [3.8, 4) is 0 Å². The summed E-state index contributed by atoms with van der Waals surface area (Å²) < 4.78 is 0.225. The van der Waals surface area contributed by atoms with Gasteiger partial charge in [0.15, 0.2) is 0 Å². The predicted molar refractivity (Wildman–Crippen MR) is 56.9 cm³/mol. The van der Waals surface area contributed by atoms with E-state index in [0.717, 1.165) is 19.4 Å². The average Bonchev–Trinajstić information content (AvgIpc) is 2.50. The summed E-state index contributed by atoms with van der Waals surface area (Å²) in [5.41, 5.74) is 5.26. The first-order valence-corrected chi connectivity index (χ1v) is 5.23. The van der Waals surface area contributed by atoms with Gasteiger partial charge in [-0.25, -0.2) is 0 Å². The first-order chi connectivity index (χ1) is 5.66. The fourth-order valence-corrected chi connectivity index (χ4v) is 2.19. The number of halogens is 1. The Kier molecular flexibility index (Phi) is 3.52. The lowest BCUT2D eigenvalue weighted by atomic mass is 10.2. The number of amides is 1. The minimum absolute atomic E-state index is 0.0788. The molecule has 0 saturated carbocycles. The van der Waals surface area contributed by atoms with Gasteiger partial charge in [-0.05, 0) is 12.8 Å². The zero-order chi connectivity index (χ0) is 9.14. The number of carbonyl (C=O) groups is 1. The number of carbonyl (C=O) groups excluding carboxylic acids is 1. The van der Waals surface area contributed by atoms with Crippen molar-refractivity contribution in [2.45, 2.75) is 22.9 Å². The van der Waals surface area contributed by atoms with Crippen molar-refractivity contribution in [1.29, 1.82) is 0 Å². The molecule has 0 bridgehead atoms. The Bertz CT molecular complexity index is 195. The molecule has 0 aromatic rings. The molecule has 2 N–H and O–H groups in total. The summed E-state index contributed by atoms with van der Waals surface area (Å²) in [6, 6.07) is -0.0788. The highest BCUT2D eigenvalue weighted by molar-refractivity contribution is 14.1. The van der Waals surface area contributed by atoms with Crippen LogP contribution < -0.4 is 5.73 Å². The highest BCUT2D eigenvalue weighted by atomic mass is 127. The number of nitrogens with two attached hydrogens (primary N) is 1. The van der Waals surface area contributed by atoms with Crippen LogP contribution in [0.4, 0.5) is 0 Å². The molecule has 0 spiro atoms. The highest BCUT2D eigenvalue weighted by Crippen LogP contribution is 2.23. The van der Waals surface area contributed by atoms with Crippen LogP contribution in [0.15, 0.2) is 12.7 Å². The second-order valence-electron chi connectivity index (χ2n) is 2.91. The van der Waals surface area contributed by atoms with Crippen molar-refractivity contribution in [2.24, 2.45) is 5.73 Å². The zero-order valence-corrected chi connectivity index (χ0v) is 9.03. The third-order valence-electron chi connectivity index (χ3n) is 2.13. The van der Waals surface area contributed by atoms with Crippen molar-refractivity contribution < 1.29 is 4.79 Å². The Hall–Kier alpha value is -0.100. The van der Waals surface area contributed by atoms with Gasteiger partial charge in [0.25, 0.3) is 0 Å². The second-order valence-corrected chi connectivity index (χ2v) is 4.18. The molecule has 0 aromatic heterocycles. The van der Waals surface area contributed by atoms with Crippen LogP contribution in [0, 0.1) is 0 Å². The van der Waals surface area contributed by atoms with Gasteiger partial charge in [-0.3, -0.25) is 9.69 Å². The summed E-state index contributed by atoms with van der Waals surface area (Å²) in [5, 5.41) is 0. The average molecular weight is 280 g/mol. The largest absolute Gasteiger partial charge is 0.368 e. The van der Waals surface area contributed by atoms with E-state index >= 15 is 0 Å². The van der Waals surface area contributed by atoms with E-state index in [2.05, 4.69) is 34.1 Å². The normalized spacial score (nSPS) is 26.9. The Morgan fingerprint density at radius 1 is 1.83 bits per heavy atom. The monoisotopic (exact) mass is 280 g/mol. The summed E-state index contributed by atoms with van der Waals surface area (Å²) in [7, 11) is 0. The van der Waals surface area contributed by atoms with E-state index in [4.69, 9.17) is 5.73 Å². The topological polar surface area (TPSA) is 46.3 Å². The molecule has 1 heterocycles. The second kappa shape index (κ2) is 4.23. The summed E-state index contributed by atoms with van der Waals surface area (Å²) in [4.78, 5) is 13.1. The lowest BCUT2D eigenvalue weighted by Crippen LogP contribution is -2.43. The Labute approximate surface area is 86.1 Å². The molecule has 1 fully saturated rings. The zero-order valence-electron chi connectivity index (χ0n) is 6.87. The van der Waals surface area contributed by atoms with Gasteiger partial charge in [0.1, 0.15) is 0 Å². The maximum absolute atomic E-state index is 11.0. The van der Waals surface area contributed by atoms with E-state index in [1.807, 2.05) is 6.08 Å². The first kappa shape index (κ1) is 9.98. The Morgan fingerprint density at radius 2 is 2.50 bits per heavy atom. The van der Waals surface area contributed by atoms with E-state index in [9.17, 15) is 4.79 Å². The van der Waals surface area contributed by atoms with Crippen LogP contribution in [0.2, 0.25) is 0 Å². The smallest absolute Gasteiger partial charge is 0.234 e. The minimum Gasteiger partial charge on any atom is -0.368 e. The third kappa shape index (κ3) is 1.98. The molecule has 0 aromatic carbocycles. The van der Waals surface area contributed by atoms with Gasteiger partial charge >= 0.3 is 0 Å². The minimum atomic E-state index is -0.212. The molecule has 3 nitrogen and oxygen atoms in total. The van der Waals surface area contributed by atoms with Crippen molar-refractivity contribution in [3.05, 3.63) is 12.7 Å². The molecular weight excluding hydrogens is 267 g/mol. The molecule has 4 heteroatoms. The Balaban J connectivity index is 2.63. The molecule has 0 radical (unpaired) electrons. The summed E-state index contributed by atoms with van der Waals surface area (Å²) >= 11 is 2.26. The maximum atomic E-state index is 11.0. The van der Waals surface area contributed by atoms with Crippen molar-refractivity contribution in [1.82, 2.24) is 4.90 Å². The third-order valence-corrected chi connectivity index (χ3v) is 3.36. The van der Waals surface area contributed by atoms with Crippen LogP contribution >= 0.6 is 22.6 Å². The van der Waals surface area contributed by atoms with Gasteiger partial charge in [0, 0.05) is 6.54 Å². The summed E-state index contributed by atoms with van der Waals surface area (Å²) in [6.07, 6.45) is 3.78. The maximum Gasteiger partial charge on any atom is 0.234 e. The van der Waals surface area contributed by atoms with Crippen molar-refractivity contribution >= 4 is 28.5 Å². The van der Waals surface area contributed by atoms with Crippen LogP contribution in [-0.4, -0.2) is 27.4 Å². The van der Waals surface area contributed by atoms with Crippen LogP contribution in [0.3, 0.4) is 0 Å². The number of alkyl halides is 1. The standard InChI is InChI=1S/C8H13IN2O/c1-2-7(9)11-5-3-4-6(11)8(10)12/h2,6-7H,1,3-5H2,(H2,10,12). The van der Waals surface area contributed by atoms with E-state index in [0.29, 0.717) is 0 Å². The molecular formula is C8H13IN2O. The fraction of sp³-hybridized carbons (Fsp3) is 0.625. The molecule has 2 unspecified atom stereocenters.